The third-order valence-corrected chi connectivity index (χ3v) is 11.0. The molecule has 1 aromatic carbocycles. The van der Waals surface area contributed by atoms with Crippen LogP contribution in [-0.4, -0.2) is 89.6 Å². The number of carboxylic acids is 1. The van der Waals surface area contributed by atoms with Crippen LogP contribution in [0.3, 0.4) is 0 Å². The Morgan fingerprint density at radius 1 is 0.815 bits per heavy atom. The van der Waals surface area contributed by atoms with Crippen molar-refractivity contribution in [2.24, 2.45) is 0 Å². The summed E-state index contributed by atoms with van der Waals surface area (Å²) in [6, 6.07) is 4.25. The lowest BCUT2D eigenvalue weighted by Gasteiger charge is -2.20. The predicted molar refractivity (Wildman–Crippen MR) is 259 cm³/mol. The van der Waals surface area contributed by atoms with Gasteiger partial charge in [0.1, 0.15) is 11.9 Å². The fourth-order valence-electron chi connectivity index (χ4n) is 6.21. The third-order valence-electron chi connectivity index (χ3n) is 9.84. The number of benzene rings is 1. The van der Waals surface area contributed by atoms with Gasteiger partial charge >= 0.3 is 5.97 Å². The topological polar surface area (TPSA) is 199 Å². The van der Waals surface area contributed by atoms with Crippen LogP contribution in [0.15, 0.2) is 103 Å². The second-order valence-corrected chi connectivity index (χ2v) is 17.9. The summed E-state index contributed by atoms with van der Waals surface area (Å²) >= 11 is 0. The van der Waals surface area contributed by atoms with Gasteiger partial charge in [0, 0.05) is 37.6 Å². The first-order valence-corrected chi connectivity index (χ1v) is 24.2. The zero-order chi connectivity index (χ0) is 48.0. The van der Waals surface area contributed by atoms with Crippen LogP contribution in [0.5, 0.6) is 0 Å². The number of sulfonamides is 1. The van der Waals surface area contributed by atoms with Crippen LogP contribution in [0.4, 0.5) is 10.3 Å². The minimum Gasteiger partial charge on any atom is -0.480 e. The van der Waals surface area contributed by atoms with Gasteiger partial charge < -0.3 is 26.0 Å². The Bertz CT molecular complexity index is 2100. The smallest absolute Gasteiger partial charge is 0.326 e. The van der Waals surface area contributed by atoms with Gasteiger partial charge in [0.2, 0.25) is 27.8 Å². The lowest BCUT2D eigenvalue weighted by Crippen LogP contribution is -2.42. The number of aliphatic hydroxyl groups is 2. The molecule has 0 saturated carbocycles. The maximum Gasteiger partial charge on any atom is 0.326 e. The summed E-state index contributed by atoms with van der Waals surface area (Å²) in [7, 11) is -2.41. The summed E-state index contributed by atoms with van der Waals surface area (Å²) in [6.45, 7) is 6.18. The molecule has 0 fully saturated rings. The van der Waals surface area contributed by atoms with Crippen LogP contribution in [-0.2, 0) is 24.4 Å². The van der Waals surface area contributed by atoms with E-state index >= 15 is 0 Å². The van der Waals surface area contributed by atoms with Crippen molar-refractivity contribution in [1.29, 1.82) is 0 Å². The molecule has 1 unspecified atom stereocenters. The average Bonchev–Trinajstić information content (AvgIpc) is 3.25. The second-order valence-electron chi connectivity index (χ2n) is 15.8. The van der Waals surface area contributed by atoms with Gasteiger partial charge in [0.05, 0.1) is 36.3 Å². The molecule has 15 heteroatoms. The van der Waals surface area contributed by atoms with Crippen molar-refractivity contribution < 1.29 is 42.5 Å². The maximum absolute atomic E-state index is 13.8. The fraction of sp³-hybridized carbons (Fsp3) is 0.460. The molecule has 0 bridgehead atoms. The van der Waals surface area contributed by atoms with Crippen molar-refractivity contribution in [3.05, 3.63) is 120 Å². The van der Waals surface area contributed by atoms with Crippen LogP contribution in [0, 0.1) is 5.82 Å². The van der Waals surface area contributed by atoms with Crippen LogP contribution in [0.1, 0.15) is 121 Å². The Balaban J connectivity index is 1.75. The number of anilines is 1. The number of nitrogens with one attached hydrogen (secondary N) is 2. The molecular formula is C50H70FN5O8S. The first-order chi connectivity index (χ1) is 31.0. The summed E-state index contributed by atoms with van der Waals surface area (Å²) in [4.78, 5) is 45.8. The van der Waals surface area contributed by atoms with Crippen molar-refractivity contribution in [2.45, 2.75) is 128 Å². The molecule has 0 aliphatic heterocycles. The third kappa shape index (κ3) is 23.8. The Labute approximate surface area is 385 Å². The van der Waals surface area contributed by atoms with E-state index in [-0.39, 0.29) is 36.3 Å². The highest BCUT2D eigenvalue weighted by Gasteiger charge is 2.24. The van der Waals surface area contributed by atoms with E-state index in [1.165, 1.54) is 43.5 Å². The summed E-state index contributed by atoms with van der Waals surface area (Å²) in [6.07, 6.45) is 33.8. The monoisotopic (exact) mass is 919 g/mol. The normalized spacial score (nSPS) is 14.0. The highest BCUT2D eigenvalue weighted by Crippen LogP contribution is 2.32. The van der Waals surface area contributed by atoms with E-state index in [9.17, 15) is 42.5 Å². The molecule has 3 atom stereocenters. The highest BCUT2D eigenvalue weighted by molar-refractivity contribution is 7.92. The van der Waals surface area contributed by atoms with Gasteiger partial charge in [0.15, 0.2) is 0 Å². The van der Waals surface area contributed by atoms with Gasteiger partial charge in [-0.2, -0.15) is 0 Å². The van der Waals surface area contributed by atoms with E-state index in [4.69, 9.17) is 0 Å². The standard InChI is InChI=1S/C50H70FN5O8S/c1-6-7-8-9-10-11-12-13-14-15-16-17-18-19-20-21-22-23-24-28-45(59)52-35-26-25-27-44(49(61)62)53-46(60)37-42(58)36-41(57)33-34-43-47(38(2)3)54-50(56(4)65(5,63)64)55-48(43)39-29-31-40(51)32-30-39/h7-8,10-11,13-14,16-17,19-20,22-23,29-34,38,41-42,44,57-58H,6,9,12,15,18,21,24-28,35-37H2,1-5H3,(H,52,59)(H,53,60)(H,61,62)/b8-7-,11-10-,14-13-,17-16-,20-19-,23-22-,34-33+/t41-,42-,44?/m1/s1. The van der Waals surface area contributed by atoms with Gasteiger partial charge in [-0.05, 0) is 94.4 Å². The quantitative estimate of drug-likeness (QED) is 0.0360. The number of aliphatic hydroxyl groups excluding tert-OH is 2. The van der Waals surface area contributed by atoms with E-state index in [0.717, 1.165) is 49.1 Å². The summed E-state index contributed by atoms with van der Waals surface area (Å²) in [5.74, 6) is -2.85. The molecule has 2 aromatic rings. The number of rotatable bonds is 31. The zero-order valence-electron chi connectivity index (χ0n) is 38.6. The van der Waals surface area contributed by atoms with Gasteiger partial charge in [-0.3, -0.25) is 9.59 Å². The van der Waals surface area contributed by atoms with Crippen LogP contribution in [0.2, 0.25) is 0 Å². The number of hydrogen-bond acceptors (Lipinski definition) is 9. The largest absolute Gasteiger partial charge is 0.480 e. The Hall–Kier alpha value is -5.51. The van der Waals surface area contributed by atoms with Gasteiger partial charge in [-0.1, -0.05) is 106 Å². The number of carbonyl (C=O) groups excluding carboxylic acids is 2. The van der Waals surface area contributed by atoms with Crippen molar-refractivity contribution in [3.63, 3.8) is 0 Å². The zero-order valence-corrected chi connectivity index (χ0v) is 39.4. The van der Waals surface area contributed by atoms with Crippen LogP contribution < -0.4 is 14.9 Å². The summed E-state index contributed by atoms with van der Waals surface area (Å²) in [5, 5.41) is 36.4. The molecule has 1 aromatic heterocycles. The predicted octanol–water partition coefficient (Wildman–Crippen LogP) is 8.65. The first-order valence-electron chi connectivity index (χ1n) is 22.4. The molecule has 356 valence electrons. The molecule has 2 rings (SSSR count). The van der Waals surface area contributed by atoms with Crippen molar-refractivity contribution in [1.82, 2.24) is 20.6 Å². The van der Waals surface area contributed by atoms with Crippen LogP contribution in [0.25, 0.3) is 17.3 Å². The number of carbonyl (C=O) groups is 3. The average molecular weight is 920 g/mol. The van der Waals surface area contributed by atoms with E-state index in [1.54, 1.807) is 0 Å². The van der Waals surface area contributed by atoms with Gasteiger partial charge in [0.25, 0.3) is 0 Å². The molecule has 5 N–H and O–H groups in total. The van der Waals surface area contributed by atoms with E-state index < -0.39 is 52.4 Å². The second kappa shape index (κ2) is 31.4. The molecule has 0 spiro atoms. The van der Waals surface area contributed by atoms with E-state index in [0.29, 0.717) is 49.0 Å². The van der Waals surface area contributed by atoms with Gasteiger partial charge in [-0.25, -0.2) is 31.9 Å². The molecular weight excluding hydrogens is 850 g/mol. The van der Waals surface area contributed by atoms with Crippen molar-refractivity contribution in [3.8, 4) is 11.3 Å². The van der Waals surface area contributed by atoms with Gasteiger partial charge in [-0.15, -0.1) is 0 Å². The Kier molecular flexibility index (Phi) is 26.9. The number of hydrogen-bond donors (Lipinski definition) is 5. The first kappa shape index (κ1) is 55.6. The SMILES string of the molecule is CC/C=C\C/C=C\C/C=C\C/C=C\C/C=C\C/C=C\CCC(=O)NCCCCC(NC(=O)C[C@H](O)C[C@H](O)/C=C/c1c(-c2ccc(F)cc2)nc(N(C)S(C)(=O)=O)nc1C(C)C)C(=O)O. The molecule has 0 radical (unpaired) electrons. The van der Waals surface area contributed by atoms with Crippen molar-refractivity contribution in [2.75, 3.05) is 24.2 Å². The summed E-state index contributed by atoms with van der Waals surface area (Å²) in [5.41, 5.74) is 1.65. The highest BCUT2D eigenvalue weighted by atomic mass is 32.2. The number of amides is 2. The molecule has 0 aliphatic rings. The molecule has 0 saturated heterocycles. The van der Waals surface area contributed by atoms with E-state index in [1.807, 2.05) is 26.0 Å². The lowest BCUT2D eigenvalue weighted by molar-refractivity contribution is -0.142. The number of carboxylic acid groups (broad SMARTS) is 1. The Morgan fingerprint density at radius 2 is 1.37 bits per heavy atom. The van der Waals surface area contributed by atoms with E-state index in [2.05, 4.69) is 88.3 Å². The minimum atomic E-state index is -3.72. The Morgan fingerprint density at radius 3 is 1.89 bits per heavy atom. The maximum atomic E-state index is 13.8. The number of unbranched alkanes of at least 4 members (excludes halogenated alkanes) is 1. The fourth-order valence-corrected chi connectivity index (χ4v) is 6.59. The molecule has 1 heterocycles. The minimum absolute atomic E-state index is 0.0931. The van der Waals surface area contributed by atoms with Crippen LogP contribution >= 0.6 is 0 Å². The number of nitrogens with zero attached hydrogens (tertiary/aromatic N) is 3. The molecule has 0 aliphatic carbocycles. The molecule has 13 nitrogen and oxygen atoms in total. The molecule has 2 amide bonds. The summed E-state index contributed by atoms with van der Waals surface area (Å²) < 4.78 is 39.4. The lowest BCUT2D eigenvalue weighted by atomic mass is 9.97. The number of halogens is 1. The molecule has 65 heavy (non-hydrogen) atoms. The number of aromatic nitrogens is 2. The number of aliphatic carboxylic acids is 1. The number of allylic oxidation sites excluding steroid dienone is 12. The van der Waals surface area contributed by atoms with Crippen molar-refractivity contribution >= 4 is 39.8 Å².